The predicted octanol–water partition coefficient (Wildman–Crippen LogP) is 2.44. The van der Waals surface area contributed by atoms with Crippen molar-refractivity contribution in [2.45, 2.75) is 0 Å². The number of hydrogen-bond donors (Lipinski definition) is 2. The van der Waals surface area contributed by atoms with Gasteiger partial charge in [-0.2, -0.15) is 5.26 Å². The molecule has 1 heterocycles. The molecule has 0 aliphatic heterocycles. The number of nitriles is 1. The smallest absolute Gasteiger partial charge is 0.259 e. The van der Waals surface area contributed by atoms with Gasteiger partial charge >= 0.3 is 0 Å². The minimum absolute atomic E-state index is 0.277. The summed E-state index contributed by atoms with van der Waals surface area (Å²) in [5.41, 5.74) is 7.13. The number of nitrogens with two attached hydrogens (primary N) is 1. The molecule has 0 unspecified atom stereocenters. The van der Waals surface area contributed by atoms with Gasteiger partial charge in [0.25, 0.3) is 5.91 Å². The zero-order chi connectivity index (χ0) is 13.8. The fourth-order valence-electron chi connectivity index (χ4n) is 1.48. The van der Waals surface area contributed by atoms with Crippen LogP contribution in [0.2, 0.25) is 5.02 Å². The molecule has 0 radical (unpaired) electrons. The van der Waals surface area contributed by atoms with Gasteiger partial charge in [-0.05, 0) is 24.3 Å². The maximum Gasteiger partial charge on any atom is 0.259 e. The highest BCUT2D eigenvalue weighted by Crippen LogP contribution is 2.21. The highest BCUT2D eigenvalue weighted by atomic mass is 35.5. The summed E-state index contributed by atoms with van der Waals surface area (Å²) in [5.74, 6) is -0.383. The second kappa shape index (κ2) is 5.38. The fourth-order valence-corrected chi connectivity index (χ4v) is 1.70. The van der Waals surface area contributed by atoms with E-state index >= 15 is 0 Å². The van der Waals surface area contributed by atoms with Crippen LogP contribution in [0.5, 0.6) is 0 Å². The van der Waals surface area contributed by atoms with Crippen molar-refractivity contribution in [3.05, 3.63) is 52.8 Å². The van der Waals surface area contributed by atoms with Crippen LogP contribution in [-0.2, 0) is 0 Å². The Morgan fingerprint density at radius 3 is 2.84 bits per heavy atom. The van der Waals surface area contributed by atoms with Gasteiger partial charge in [0.05, 0.1) is 16.1 Å². The number of carbonyl (C=O) groups excluding carboxylic acids is 1. The van der Waals surface area contributed by atoms with Gasteiger partial charge in [0.1, 0.15) is 6.07 Å². The summed E-state index contributed by atoms with van der Waals surface area (Å²) in [5, 5.41) is 11.7. The number of halogens is 1. The lowest BCUT2D eigenvalue weighted by atomic mass is 10.2. The van der Waals surface area contributed by atoms with E-state index in [1.165, 1.54) is 24.5 Å². The van der Waals surface area contributed by atoms with Crippen LogP contribution in [-0.4, -0.2) is 10.9 Å². The maximum atomic E-state index is 12.0. The van der Waals surface area contributed by atoms with Crippen LogP contribution >= 0.6 is 11.6 Å². The Labute approximate surface area is 114 Å². The molecule has 0 bridgehead atoms. The van der Waals surface area contributed by atoms with Crippen LogP contribution in [0.15, 0.2) is 36.7 Å². The molecule has 0 aliphatic carbocycles. The Morgan fingerprint density at radius 1 is 1.42 bits per heavy atom. The first-order chi connectivity index (χ1) is 9.11. The molecule has 2 rings (SSSR count). The van der Waals surface area contributed by atoms with Gasteiger partial charge in [0.15, 0.2) is 0 Å². The van der Waals surface area contributed by atoms with Crippen LogP contribution in [0, 0.1) is 11.3 Å². The lowest BCUT2D eigenvalue weighted by Gasteiger charge is -2.07. The number of anilines is 2. The highest BCUT2D eigenvalue weighted by molar-refractivity contribution is 6.32. The minimum atomic E-state index is -0.383. The number of pyridine rings is 1. The van der Waals surface area contributed by atoms with Gasteiger partial charge in [-0.25, -0.2) is 0 Å². The standard InChI is InChI=1S/C13H9ClN4O/c14-11-5-9(2-1-8(11)6-15)18-13(19)10-7-17-4-3-12(10)16/h1-5,7H,(H2,16,17)(H,18,19). The number of rotatable bonds is 2. The first-order valence-electron chi connectivity index (χ1n) is 5.32. The lowest BCUT2D eigenvalue weighted by molar-refractivity contribution is 0.102. The van der Waals surface area contributed by atoms with Crippen molar-refractivity contribution in [3.63, 3.8) is 0 Å². The molecule has 0 saturated heterocycles. The van der Waals surface area contributed by atoms with E-state index in [-0.39, 0.29) is 16.5 Å². The summed E-state index contributed by atoms with van der Waals surface area (Å²) >= 11 is 5.88. The highest BCUT2D eigenvalue weighted by Gasteiger charge is 2.10. The first kappa shape index (κ1) is 12.9. The summed E-state index contributed by atoms with van der Waals surface area (Å²) < 4.78 is 0. The Kier molecular flexibility index (Phi) is 3.64. The lowest BCUT2D eigenvalue weighted by Crippen LogP contribution is -2.14. The zero-order valence-electron chi connectivity index (χ0n) is 9.72. The summed E-state index contributed by atoms with van der Waals surface area (Å²) in [6.07, 6.45) is 2.89. The number of benzene rings is 1. The molecule has 0 atom stereocenters. The summed E-state index contributed by atoms with van der Waals surface area (Å²) in [6.45, 7) is 0. The molecule has 6 heteroatoms. The molecule has 0 aliphatic rings. The molecule has 19 heavy (non-hydrogen) atoms. The third-order valence-electron chi connectivity index (χ3n) is 2.45. The average molecular weight is 273 g/mol. The molecule has 0 fully saturated rings. The van der Waals surface area contributed by atoms with Crippen molar-refractivity contribution < 1.29 is 4.79 Å². The Hall–Kier alpha value is -2.58. The van der Waals surface area contributed by atoms with Crippen molar-refractivity contribution in [3.8, 4) is 6.07 Å². The van der Waals surface area contributed by atoms with Crippen molar-refractivity contribution in [1.82, 2.24) is 4.98 Å². The monoisotopic (exact) mass is 272 g/mol. The largest absolute Gasteiger partial charge is 0.398 e. The molecule has 1 aromatic heterocycles. The third-order valence-corrected chi connectivity index (χ3v) is 2.76. The predicted molar refractivity (Wildman–Crippen MR) is 72.8 cm³/mol. The SMILES string of the molecule is N#Cc1ccc(NC(=O)c2cnccc2N)cc1Cl. The molecule has 1 aromatic carbocycles. The second-order valence-electron chi connectivity index (χ2n) is 3.72. The van der Waals surface area contributed by atoms with Crippen molar-refractivity contribution >= 4 is 28.9 Å². The average Bonchev–Trinajstić information content (AvgIpc) is 2.39. The third kappa shape index (κ3) is 2.81. The van der Waals surface area contributed by atoms with Crippen LogP contribution < -0.4 is 11.1 Å². The van der Waals surface area contributed by atoms with Gasteiger partial charge in [-0.3, -0.25) is 9.78 Å². The number of nitrogen functional groups attached to an aromatic ring is 1. The molecule has 5 nitrogen and oxygen atoms in total. The fraction of sp³-hybridized carbons (Fsp3) is 0. The van der Waals surface area contributed by atoms with Gasteiger partial charge in [-0.1, -0.05) is 11.6 Å². The van der Waals surface area contributed by atoms with E-state index < -0.39 is 0 Å². The van der Waals surface area contributed by atoms with E-state index in [9.17, 15) is 4.79 Å². The van der Waals surface area contributed by atoms with Crippen LogP contribution in [0.4, 0.5) is 11.4 Å². The van der Waals surface area contributed by atoms with Gasteiger partial charge in [0.2, 0.25) is 0 Å². The maximum absolute atomic E-state index is 12.0. The van der Waals surface area contributed by atoms with E-state index in [4.69, 9.17) is 22.6 Å². The first-order valence-corrected chi connectivity index (χ1v) is 5.70. The molecule has 1 amide bonds. The molecule has 2 aromatic rings. The van der Waals surface area contributed by atoms with Crippen molar-refractivity contribution in [2.75, 3.05) is 11.1 Å². The summed E-state index contributed by atoms with van der Waals surface area (Å²) in [6, 6.07) is 8.11. The quantitative estimate of drug-likeness (QED) is 0.878. The van der Waals surface area contributed by atoms with Gasteiger partial charge < -0.3 is 11.1 Å². The molecular weight excluding hydrogens is 264 g/mol. The Balaban J connectivity index is 2.23. The normalized spacial score (nSPS) is 9.68. The number of nitrogens with zero attached hydrogens (tertiary/aromatic N) is 2. The van der Waals surface area contributed by atoms with Crippen LogP contribution in [0.3, 0.4) is 0 Å². The molecule has 0 spiro atoms. The summed E-state index contributed by atoms with van der Waals surface area (Å²) in [7, 11) is 0. The van der Waals surface area contributed by atoms with E-state index in [1.807, 2.05) is 6.07 Å². The number of aromatic nitrogens is 1. The van der Waals surface area contributed by atoms with E-state index in [0.29, 0.717) is 16.9 Å². The minimum Gasteiger partial charge on any atom is -0.398 e. The van der Waals surface area contributed by atoms with Crippen LogP contribution in [0.25, 0.3) is 0 Å². The number of amides is 1. The van der Waals surface area contributed by atoms with Crippen molar-refractivity contribution in [2.24, 2.45) is 0 Å². The number of nitrogens with one attached hydrogen (secondary N) is 1. The molecular formula is C13H9ClN4O. The van der Waals surface area contributed by atoms with Crippen LogP contribution in [0.1, 0.15) is 15.9 Å². The van der Waals surface area contributed by atoms with Crippen molar-refractivity contribution in [1.29, 1.82) is 5.26 Å². The van der Waals surface area contributed by atoms with E-state index in [0.717, 1.165) is 0 Å². The molecule has 94 valence electrons. The molecule has 3 N–H and O–H groups in total. The zero-order valence-corrected chi connectivity index (χ0v) is 10.5. The molecule has 0 saturated carbocycles. The Bertz CT molecular complexity index is 679. The topological polar surface area (TPSA) is 91.8 Å². The van der Waals surface area contributed by atoms with E-state index in [2.05, 4.69) is 10.3 Å². The van der Waals surface area contributed by atoms with Gasteiger partial charge in [0, 0.05) is 23.8 Å². The van der Waals surface area contributed by atoms with Gasteiger partial charge in [-0.15, -0.1) is 0 Å². The number of carbonyl (C=O) groups is 1. The number of hydrogen-bond acceptors (Lipinski definition) is 4. The Morgan fingerprint density at radius 2 is 2.21 bits per heavy atom. The summed E-state index contributed by atoms with van der Waals surface area (Å²) in [4.78, 5) is 15.8. The second-order valence-corrected chi connectivity index (χ2v) is 4.13. The van der Waals surface area contributed by atoms with E-state index in [1.54, 1.807) is 12.1 Å².